The maximum absolute atomic E-state index is 6.16. The highest BCUT2D eigenvalue weighted by Gasteiger charge is 2.34. The molecule has 0 bridgehead atoms. The Hall–Kier alpha value is -1.64. The minimum Gasteiger partial charge on any atom is -0.378 e. The molecule has 0 heterocycles. The number of nitrogens with zero attached hydrogens (tertiary/aromatic N) is 1. The third-order valence-corrected chi connectivity index (χ3v) is 5.04. The van der Waals surface area contributed by atoms with Gasteiger partial charge in [0, 0.05) is 25.0 Å². The SMILES string of the molecule is CCO[C@H]1Cc2ccccc2C(=CCCN(C)C)C2C=CC=CC21. The van der Waals surface area contributed by atoms with Crippen molar-refractivity contribution in [2.45, 2.75) is 25.9 Å². The maximum atomic E-state index is 6.16. The highest BCUT2D eigenvalue weighted by molar-refractivity contribution is 5.73. The Morgan fingerprint density at radius 1 is 1.17 bits per heavy atom. The summed E-state index contributed by atoms with van der Waals surface area (Å²) in [6.07, 6.45) is 13.9. The molecule has 128 valence electrons. The summed E-state index contributed by atoms with van der Waals surface area (Å²) >= 11 is 0. The Morgan fingerprint density at radius 3 is 2.75 bits per heavy atom. The van der Waals surface area contributed by atoms with Gasteiger partial charge in [-0.15, -0.1) is 0 Å². The molecular formula is C22H29NO. The first-order chi connectivity index (χ1) is 11.7. The summed E-state index contributed by atoms with van der Waals surface area (Å²) in [5.41, 5.74) is 4.30. The van der Waals surface area contributed by atoms with Crippen LogP contribution in [0.1, 0.15) is 24.5 Å². The lowest BCUT2D eigenvalue weighted by Crippen LogP contribution is -2.29. The molecule has 2 aliphatic rings. The Balaban J connectivity index is 2.01. The molecule has 1 aromatic rings. The highest BCUT2D eigenvalue weighted by atomic mass is 16.5. The molecule has 0 fully saturated rings. The van der Waals surface area contributed by atoms with Crippen LogP contribution in [0.2, 0.25) is 0 Å². The lowest BCUT2D eigenvalue weighted by Gasteiger charge is -2.30. The van der Waals surface area contributed by atoms with Crippen LogP contribution in [0.3, 0.4) is 0 Å². The number of allylic oxidation sites excluding steroid dienone is 4. The smallest absolute Gasteiger partial charge is 0.0687 e. The third kappa shape index (κ3) is 3.71. The van der Waals surface area contributed by atoms with Gasteiger partial charge in [0.2, 0.25) is 0 Å². The number of benzene rings is 1. The van der Waals surface area contributed by atoms with Crippen molar-refractivity contribution in [1.82, 2.24) is 4.90 Å². The predicted octanol–water partition coefficient (Wildman–Crippen LogP) is 4.34. The van der Waals surface area contributed by atoms with E-state index >= 15 is 0 Å². The number of hydrogen-bond acceptors (Lipinski definition) is 2. The van der Waals surface area contributed by atoms with E-state index in [1.165, 1.54) is 16.7 Å². The maximum Gasteiger partial charge on any atom is 0.0687 e. The molecule has 2 unspecified atom stereocenters. The van der Waals surface area contributed by atoms with Gasteiger partial charge in [-0.3, -0.25) is 0 Å². The van der Waals surface area contributed by atoms with Gasteiger partial charge in [0.25, 0.3) is 0 Å². The molecule has 0 aromatic heterocycles. The van der Waals surface area contributed by atoms with Crippen molar-refractivity contribution < 1.29 is 4.74 Å². The quantitative estimate of drug-likeness (QED) is 0.799. The van der Waals surface area contributed by atoms with Gasteiger partial charge in [-0.2, -0.15) is 0 Å². The summed E-state index contributed by atoms with van der Waals surface area (Å²) in [5.74, 6) is 0.838. The third-order valence-electron chi connectivity index (χ3n) is 5.04. The first-order valence-corrected chi connectivity index (χ1v) is 9.10. The zero-order valence-corrected chi connectivity index (χ0v) is 15.1. The van der Waals surface area contributed by atoms with E-state index < -0.39 is 0 Å². The minimum absolute atomic E-state index is 0.252. The van der Waals surface area contributed by atoms with Crippen molar-refractivity contribution >= 4 is 5.57 Å². The van der Waals surface area contributed by atoms with Crippen molar-refractivity contribution in [2.24, 2.45) is 11.8 Å². The summed E-state index contributed by atoms with van der Waals surface area (Å²) < 4.78 is 6.16. The molecule has 3 rings (SSSR count). The molecule has 1 aromatic carbocycles. The zero-order valence-electron chi connectivity index (χ0n) is 15.1. The first kappa shape index (κ1) is 17.2. The van der Waals surface area contributed by atoms with E-state index in [0.29, 0.717) is 11.8 Å². The van der Waals surface area contributed by atoms with E-state index in [-0.39, 0.29) is 6.10 Å². The van der Waals surface area contributed by atoms with E-state index in [2.05, 4.69) is 80.6 Å². The Bertz CT molecular complexity index is 641. The molecule has 2 aliphatic carbocycles. The fourth-order valence-electron chi connectivity index (χ4n) is 3.91. The van der Waals surface area contributed by atoms with Crippen LogP contribution in [0.15, 0.2) is 54.6 Å². The van der Waals surface area contributed by atoms with E-state index in [1.54, 1.807) is 0 Å². The standard InChI is InChI=1S/C22H29NO/c1-4-24-22-16-17-10-5-6-11-18(17)19(14-9-15-23(2)3)20-12-7-8-13-21(20)22/h5-8,10-14,20-22H,4,9,15-16H2,1-3H3/t20?,21?,22-/m0/s1. The average molecular weight is 323 g/mol. The van der Waals surface area contributed by atoms with Gasteiger partial charge in [-0.1, -0.05) is 54.6 Å². The van der Waals surface area contributed by atoms with Crippen molar-refractivity contribution in [1.29, 1.82) is 0 Å². The summed E-state index contributed by atoms with van der Waals surface area (Å²) in [6.45, 7) is 3.95. The van der Waals surface area contributed by atoms with Crippen LogP contribution in [-0.2, 0) is 11.2 Å². The van der Waals surface area contributed by atoms with Gasteiger partial charge in [0.1, 0.15) is 0 Å². The second-order valence-corrected chi connectivity index (χ2v) is 6.98. The fourth-order valence-corrected chi connectivity index (χ4v) is 3.91. The Kier molecular flexibility index (Phi) is 5.70. The summed E-state index contributed by atoms with van der Waals surface area (Å²) in [6, 6.07) is 8.87. The second-order valence-electron chi connectivity index (χ2n) is 6.98. The van der Waals surface area contributed by atoms with Crippen LogP contribution >= 0.6 is 0 Å². The molecule has 0 N–H and O–H groups in total. The number of rotatable bonds is 5. The van der Waals surface area contributed by atoms with E-state index in [1.807, 2.05) is 0 Å². The lowest BCUT2D eigenvalue weighted by molar-refractivity contribution is 0.0292. The van der Waals surface area contributed by atoms with Gasteiger partial charge < -0.3 is 9.64 Å². The average Bonchev–Trinajstić information content (AvgIpc) is 2.71. The van der Waals surface area contributed by atoms with Crippen molar-refractivity contribution in [3.8, 4) is 0 Å². The topological polar surface area (TPSA) is 12.5 Å². The molecule has 24 heavy (non-hydrogen) atoms. The molecule has 0 aliphatic heterocycles. The van der Waals surface area contributed by atoms with Gasteiger partial charge in [0.05, 0.1) is 6.10 Å². The van der Waals surface area contributed by atoms with Gasteiger partial charge in [-0.25, -0.2) is 0 Å². The molecule has 2 heteroatoms. The molecule has 3 atom stereocenters. The monoisotopic (exact) mass is 323 g/mol. The summed E-state index contributed by atoms with van der Waals surface area (Å²) in [7, 11) is 4.27. The Labute approximate surface area is 146 Å². The van der Waals surface area contributed by atoms with Crippen molar-refractivity contribution in [3.63, 3.8) is 0 Å². The van der Waals surface area contributed by atoms with E-state index in [4.69, 9.17) is 4.74 Å². The molecule has 0 amide bonds. The van der Waals surface area contributed by atoms with Crippen molar-refractivity contribution in [3.05, 3.63) is 65.8 Å². The first-order valence-electron chi connectivity index (χ1n) is 9.10. The molecule has 0 spiro atoms. The predicted molar refractivity (Wildman–Crippen MR) is 102 cm³/mol. The van der Waals surface area contributed by atoms with Crippen LogP contribution in [0.4, 0.5) is 0 Å². The Morgan fingerprint density at radius 2 is 1.96 bits per heavy atom. The summed E-state index contributed by atoms with van der Waals surface area (Å²) in [4.78, 5) is 2.25. The van der Waals surface area contributed by atoms with Crippen LogP contribution < -0.4 is 0 Å². The van der Waals surface area contributed by atoms with Crippen LogP contribution in [0, 0.1) is 11.8 Å². The largest absolute Gasteiger partial charge is 0.378 e. The van der Waals surface area contributed by atoms with E-state index in [0.717, 1.165) is 26.0 Å². The molecule has 0 saturated heterocycles. The molecule has 0 saturated carbocycles. The fraction of sp³-hybridized carbons (Fsp3) is 0.455. The zero-order chi connectivity index (χ0) is 16.9. The van der Waals surface area contributed by atoms with E-state index in [9.17, 15) is 0 Å². The van der Waals surface area contributed by atoms with Crippen LogP contribution in [0.25, 0.3) is 5.57 Å². The van der Waals surface area contributed by atoms with Gasteiger partial charge in [-0.05, 0) is 50.6 Å². The lowest BCUT2D eigenvalue weighted by atomic mass is 9.79. The van der Waals surface area contributed by atoms with Crippen LogP contribution in [0.5, 0.6) is 0 Å². The number of ether oxygens (including phenoxy) is 1. The van der Waals surface area contributed by atoms with Crippen molar-refractivity contribution in [2.75, 3.05) is 27.2 Å². The molecule has 0 radical (unpaired) electrons. The van der Waals surface area contributed by atoms with Gasteiger partial charge >= 0.3 is 0 Å². The minimum atomic E-state index is 0.252. The second kappa shape index (κ2) is 7.96. The molecule has 2 nitrogen and oxygen atoms in total. The number of hydrogen-bond donors (Lipinski definition) is 0. The summed E-state index contributed by atoms with van der Waals surface area (Å²) in [5, 5.41) is 0. The van der Waals surface area contributed by atoms with Crippen LogP contribution in [-0.4, -0.2) is 38.3 Å². The molecular weight excluding hydrogens is 294 g/mol. The normalized spacial score (nSPS) is 27.2. The number of fused-ring (bicyclic) bond motifs is 2. The van der Waals surface area contributed by atoms with Gasteiger partial charge in [0.15, 0.2) is 0 Å². The highest BCUT2D eigenvalue weighted by Crippen LogP contribution is 2.41.